The van der Waals surface area contributed by atoms with E-state index in [9.17, 15) is 14.0 Å². The highest BCUT2D eigenvalue weighted by Gasteiger charge is 2.30. The smallest absolute Gasteiger partial charge is 0.227 e. The van der Waals surface area contributed by atoms with Crippen molar-refractivity contribution >= 4 is 23.2 Å². The van der Waals surface area contributed by atoms with Crippen molar-refractivity contribution in [1.82, 2.24) is 0 Å². The van der Waals surface area contributed by atoms with Gasteiger partial charge in [0.05, 0.1) is 0 Å². The molecule has 0 atom stereocenters. The van der Waals surface area contributed by atoms with Crippen LogP contribution < -0.4 is 10.6 Å². The lowest BCUT2D eigenvalue weighted by molar-refractivity contribution is -0.125. The molecule has 2 N–H and O–H groups in total. The molecule has 0 unspecified atom stereocenters. The first kappa shape index (κ1) is 19.1. The number of amides is 2. The van der Waals surface area contributed by atoms with Crippen LogP contribution >= 0.6 is 0 Å². The maximum absolute atomic E-state index is 13.2. The lowest BCUT2D eigenvalue weighted by Crippen LogP contribution is -2.32. The molecule has 0 aromatic heterocycles. The van der Waals surface area contributed by atoms with Crippen molar-refractivity contribution in [1.29, 1.82) is 0 Å². The van der Waals surface area contributed by atoms with Crippen molar-refractivity contribution in [3.8, 4) is 0 Å². The van der Waals surface area contributed by atoms with Crippen LogP contribution in [0.2, 0.25) is 0 Å². The summed E-state index contributed by atoms with van der Waals surface area (Å²) in [5.41, 5.74) is 3.52. The molecule has 1 aliphatic carbocycles. The lowest BCUT2D eigenvalue weighted by Gasteiger charge is -2.27. The van der Waals surface area contributed by atoms with Crippen molar-refractivity contribution in [3.63, 3.8) is 0 Å². The number of halogens is 1. The van der Waals surface area contributed by atoms with Crippen LogP contribution in [0.5, 0.6) is 0 Å². The maximum atomic E-state index is 13.2. The van der Waals surface area contributed by atoms with E-state index in [0.717, 1.165) is 16.8 Å². The van der Waals surface area contributed by atoms with Crippen LogP contribution in [0, 0.1) is 31.5 Å². The molecule has 0 spiro atoms. The van der Waals surface area contributed by atoms with Gasteiger partial charge in [-0.05, 0) is 69.4 Å². The van der Waals surface area contributed by atoms with Gasteiger partial charge in [-0.15, -0.1) is 0 Å². The molecule has 1 fully saturated rings. The van der Waals surface area contributed by atoms with Crippen molar-refractivity contribution in [3.05, 3.63) is 59.4 Å². The van der Waals surface area contributed by atoms with E-state index in [4.69, 9.17) is 0 Å². The number of nitrogens with one attached hydrogen (secondary N) is 2. The Morgan fingerprint density at radius 3 is 2.11 bits per heavy atom. The highest BCUT2D eigenvalue weighted by atomic mass is 19.1. The Kier molecular flexibility index (Phi) is 5.89. The number of anilines is 2. The first-order chi connectivity index (χ1) is 12.9. The monoisotopic (exact) mass is 368 g/mol. The zero-order valence-corrected chi connectivity index (χ0v) is 15.7. The molecule has 5 heteroatoms. The largest absolute Gasteiger partial charge is 0.326 e. The Bertz CT molecular complexity index is 842. The minimum atomic E-state index is -0.375. The maximum Gasteiger partial charge on any atom is 0.227 e. The molecule has 1 aliphatic rings. The third kappa shape index (κ3) is 4.94. The van der Waals surface area contributed by atoms with E-state index in [0.29, 0.717) is 31.4 Å². The van der Waals surface area contributed by atoms with E-state index in [1.165, 1.54) is 12.1 Å². The highest BCUT2D eigenvalue weighted by molar-refractivity contribution is 5.94. The van der Waals surface area contributed by atoms with Crippen LogP contribution in [0.25, 0.3) is 0 Å². The van der Waals surface area contributed by atoms with E-state index >= 15 is 0 Å². The standard InChI is InChI=1S/C22H25FN2O2/c1-14-6-11-20(15(2)12-14)25-22(27)17-9-7-16(8-10-17)21(26)24-19-5-3-4-18(23)13-19/h3-6,11-13,16-17H,7-10H2,1-2H3,(H,24,26)(H,25,27). The van der Waals surface area contributed by atoms with Gasteiger partial charge in [-0.1, -0.05) is 23.8 Å². The highest BCUT2D eigenvalue weighted by Crippen LogP contribution is 2.31. The second-order valence-corrected chi connectivity index (χ2v) is 7.36. The third-order valence-corrected chi connectivity index (χ3v) is 5.20. The number of rotatable bonds is 4. The van der Waals surface area contributed by atoms with Crippen molar-refractivity contribution in [2.45, 2.75) is 39.5 Å². The van der Waals surface area contributed by atoms with Gasteiger partial charge in [-0.2, -0.15) is 0 Å². The Morgan fingerprint density at radius 2 is 1.52 bits per heavy atom. The first-order valence-corrected chi connectivity index (χ1v) is 9.37. The normalized spacial score (nSPS) is 19.4. The minimum Gasteiger partial charge on any atom is -0.326 e. The summed E-state index contributed by atoms with van der Waals surface area (Å²) in [6.45, 7) is 4.00. The van der Waals surface area contributed by atoms with Crippen LogP contribution in [-0.4, -0.2) is 11.8 Å². The Morgan fingerprint density at radius 1 is 0.889 bits per heavy atom. The van der Waals surface area contributed by atoms with Crippen LogP contribution in [0.3, 0.4) is 0 Å². The number of benzene rings is 2. The van der Waals surface area contributed by atoms with Crippen molar-refractivity contribution in [2.24, 2.45) is 11.8 Å². The van der Waals surface area contributed by atoms with Crippen molar-refractivity contribution in [2.75, 3.05) is 10.6 Å². The van der Waals surface area contributed by atoms with E-state index in [2.05, 4.69) is 10.6 Å². The Labute approximate surface area is 159 Å². The lowest BCUT2D eigenvalue weighted by atomic mass is 9.81. The van der Waals surface area contributed by atoms with E-state index < -0.39 is 0 Å². The Hall–Kier alpha value is -2.69. The predicted octanol–water partition coefficient (Wildman–Crippen LogP) is 4.83. The van der Waals surface area contributed by atoms with Crippen LogP contribution in [-0.2, 0) is 9.59 Å². The van der Waals surface area contributed by atoms with Gasteiger partial charge in [0.1, 0.15) is 5.82 Å². The van der Waals surface area contributed by atoms with Gasteiger partial charge in [-0.25, -0.2) is 4.39 Å². The minimum absolute atomic E-state index is 0.0194. The summed E-state index contributed by atoms with van der Waals surface area (Å²) in [7, 11) is 0. The van der Waals surface area contributed by atoms with Gasteiger partial charge >= 0.3 is 0 Å². The molecule has 2 aromatic carbocycles. The van der Waals surface area contributed by atoms with Crippen LogP contribution in [0.4, 0.5) is 15.8 Å². The van der Waals surface area contributed by atoms with Gasteiger partial charge in [0.25, 0.3) is 0 Å². The zero-order valence-electron chi connectivity index (χ0n) is 15.7. The number of hydrogen-bond acceptors (Lipinski definition) is 2. The summed E-state index contributed by atoms with van der Waals surface area (Å²) in [5.74, 6) is -0.679. The van der Waals surface area contributed by atoms with Gasteiger partial charge in [-0.3, -0.25) is 9.59 Å². The molecule has 3 rings (SSSR count). The molecule has 27 heavy (non-hydrogen) atoms. The van der Waals surface area contributed by atoms with Crippen LogP contribution in [0.15, 0.2) is 42.5 Å². The topological polar surface area (TPSA) is 58.2 Å². The second-order valence-electron chi connectivity index (χ2n) is 7.36. The van der Waals surface area contributed by atoms with E-state index in [1.54, 1.807) is 12.1 Å². The van der Waals surface area contributed by atoms with Crippen LogP contribution in [0.1, 0.15) is 36.8 Å². The quantitative estimate of drug-likeness (QED) is 0.812. The number of hydrogen-bond donors (Lipinski definition) is 2. The van der Waals surface area contributed by atoms with Gasteiger partial charge in [0.2, 0.25) is 11.8 Å². The predicted molar refractivity (Wildman–Crippen MR) is 105 cm³/mol. The number of carbonyl (C=O) groups excluding carboxylic acids is 2. The molecule has 0 saturated heterocycles. The van der Waals surface area contributed by atoms with Gasteiger partial charge < -0.3 is 10.6 Å². The summed E-state index contributed by atoms with van der Waals surface area (Å²) >= 11 is 0. The third-order valence-electron chi connectivity index (χ3n) is 5.20. The second kappa shape index (κ2) is 8.33. The summed E-state index contributed by atoms with van der Waals surface area (Å²) in [6, 6.07) is 11.8. The van der Waals surface area contributed by atoms with E-state index in [1.807, 2.05) is 32.0 Å². The fourth-order valence-corrected chi connectivity index (χ4v) is 3.62. The molecular formula is C22H25FN2O2. The number of aryl methyl sites for hydroxylation is 2. The SMILES string of the molecule is Cc1ccc(NC(=O)C2CCC(C(=O)Nc3cccc(F)c3)CC2)c(C)c1. The molecule has 0 radical (unpaired) electrons. The van der Waals surface area contributed by atoms with Gasteiger partial charge in [0, 0.05) is 23.2 Å². The first-order valence-electron chi connectivity index (χ1n) is 9.37. The molecule has 2 aromatic rings. The number of carbonyl (C=O) groups is 2. The molecule has 4 nitrogen and oxygen atoms in total. The molecule has 142 valence electrons. The fourth-order valence-electron chi connectivity index (χ4n) is 3.62. The molecule has 2 amide bonds. The molecule has 0 aliphatic heterocycles. The fraction of sp³-hybridized carbons (Fsp3) is 0.364. The molecule has 0 bridgehead atoms. The summed E-state index contributed by atoms with van der Waals surface area (Å²) in [5, 5.41) is 5.79. The Balaban J connectivity index is 1.52. The van der Waals surface area contributed by atoms with Crippen molar-refractivity contribution < 1.29 is 14.0 Å². The average Bonchev–Trinajstić information content (AvgIpc) is 2.64. The summed E-state index contributed by atoms with van der Waals surface area (Å²) in [6.07, 6.45) is 2.67. The molecular weight excluding hydrogens is 343 g/mol. The summed E-state index contributed by atoms with van der Waals surface area (Å²) in [4.78, 5) is 24.9. The molecule has 1 saturated carbocycles. The molecule has 0 heterocycles. The summed E-state index contributed by atoms with van der Waals surface area (Å²) < 4.78 is 13.2. The van der Waals surface area contributed by atoms with E-state index in [-0.39, 0.29) is 29.5 Å². The average molecular weight is 368 g/mol. The van der Waals surface area contributed by atoms with Gasteiger partial charge in [0.15, 0.2) is 0 Å². The zero-order chi connectivity index (χ0) is 19.4.